The van der Waals surface area contributed by atoms with Crippen molar-refractivity contribution in [1.82, 2.24) is 5.32 Å². The summed E-state index contributed by atoms with van der Waals surface area (Å²) in [5, 5.41) is 3.56. The Morgan fingerprint density at radius 2 is 2.10 bits per heavy atom. The van der Waals surface area contributed by atoms with Crippen molar-refractivity contribution in [1.29, 1.82) is 0 Å². The number of benzene rings is 1. The number of hydrogen-bond acceptors (Lipinski definition) is 4. The van der Waals surface area contributed by atoms with Crippen molar-refractivity contribution in [2.75, 3.05) is 26.9 Å². The lowest BCUT2D eigenvalue weighted by atomic mass is 10.0. The van der Waals surface area contributed by atoms with Crippen molar-refractivity contribution in [2.24, 2.45) is 5.92 Å². The van der Waals surface area contributed by atoms with Gasteiger partial charge in [0.05, 0.1) is 7.11 Å². The smallest absolute Gasteiger partial charge is 0.123 e. The van der Waals surface area contributed by atoms with Gasteiger partial charge in [-0.05, 0) is 44.4 Å². The molecule has 1 saturated heterocycles. The molecule has 0 radical (unpaired) electrons. The Labute approximate surface area is 126 Å². The first-order valence-electron chi connectivity index (χ1n) is 7.91. The maximum absolute atomic E-state index is 5.84. The van der Waals surface area contributed by atoms with Crippen LogP contribution in [0.1, 0.15) is 30.9 Å². The van der Waals surface area contributed by atoms with E-state index in [-0.39, 0.29) is 6.10 Å². The molecule has 2 aliphatic heterocycles. The first kappa shape index (κ1) is 14.7. The van der Waals surface area contributed by atoms with Gasteiger partial charge < -0.3 is 19.5 Å². The van der Waals surface area contributed by atoms with Gasteiger partial charge in [-0.2, -0.15) is 0 Å². The van der Waals surface area contributed by atoms with Crippen LogP contribution in [0.5, 0.6) is 11.5 Å². The molecular weight excluding hydrogens is 266 g/mol. The minimum atomic E-state index is 0.273. The minimum absolute atomic E-state index is 0.273. The lowest BCUT2D eigenvalue weighted by Crippen LogP contribution is -2.27. The number of fused-ring (bicyclic) bond motifs is 1. The van der Waals surface area contributed by atoms with Crippen molar-refractivity contribution in [3.05, 3.63) is 23.3 Å². The second kappa shape index (κ2) is 6.67. The van der Waals surface area contributed by atoms with Crippen LogP contribution < -0.4 is 14.8 Å². The summed E-state index contributed by atoms with van der Waals surface area (Å²) in [7, 11) is 1.74. The average Bonchev–Trinajstić information content (AvgIpc) is 2.86. The van der Waals surface area contributed by atoms with Crippen LogP contribution >= 0.6 is 0 Å². The lowest BCUT2D eigenvalue weighted by molar-refractivity contribution is 0.0662. The lowest BCUT2D eigenvalue weighted by Gasteiger charge is -2.22. The zero-order chi connectivity index (χ0) is 14.7. The largest absolute Gasteiger partial charge is 0.496 e. The monoisotopic (exact) mass is 291 g/mol. The van der Waals surface area contributed by atoms with Gasteiger partial charge in [0.15, 0.2) is 0 Å². The van der Waals surface area contributed by atoms with Crippen molar-refractivity contribution in [2.45, 2.75) is 38.8 Å². The van der Waals surface area contributed by atoms with E-state index in [1.807, 2.05) is 0 Å². The van der Waals surface area contributed by atoms with Gasteiger partial charge in [-0.3, -0.25) is 0 Å². The molecule has 1 aromatic carbocycles. The van der Waals surface area contributed by atoms with Crippen LogP contribution in [-0.2, 0) is 17.7 Å². The Balaban J connectivity index is 1.60. The minimum Gasteiger partial charge on any atom is -0.496 e. The molecule has 0 saturated carbocycles. The maximum Gasteiger partial charge on any atom is 0.123 e. The third-order valence-electron chi connectivity index (χ3n) is 4.39. The molecule has 21 heavy (non-hydrogen) atoms. The Kier molecular flexibility index (Phi) is 4.66. The summed E-state index contributed by atoms with van der Waals surface area (Å²) in [5.41, 5.74) is 2.44. The van der Waals surface area contributed by atoms with Crippen molar-refractivity contribution < 1.29 is 14.2 Å². The van der Waals surface area contributed by atoms with Crippen molar-refractivity contribution in [3.63, 3.8) is 0 Å². The van der Waals surface area contributed by atoms with Gasteiger partial charge in [-0.1, -0.05) is 0 Å². The third kappa shape index (κ3) is 3.50. The molecule has 2 aliphatic rings. The highest BCUT2D eigenvalue weighted by Crippen LogP contribution is 2.34. The fraction of sp³-hybridized carbons (Fsp3) is 0.647. The van der Waals surface area contributed by atoms with Crippen LogP contribution in [0.25, 0.3) is 0 Å². The summed E-state index contributed by atoms with van der Waals surface area (Å²) in [5.74, 6) is 2.72. The molecule has 116 valence electrons. The summed E-state index contributed by atoms with van der Waals surface area (Å²) in [6, 6.07) is 4.26. The third-order valence-corrected chi connectivity index (χ3v) is 4.39. The van der Waals surface area contributed by atoms with Gasteiger partial charge >= 0.3 is 0 Å². The van der Waals surface area contributed by atoms with Gasteiger partial charge in [-0.25, -0.2) is 0 Å². The molecule has 1 unspecified atom stereocenters. The standard InChI is InChI=1S/C17H25NO3/c1-12-7-14-8-16(19-2)15(9-17(14)21-12)11-18-10-13-3-5-20-6-4-13/h8-9,12-13,18H,3-7,10-11H2,1-2H3. The van der Waals surface area contributed by atoms with Crippen molar-refractivity contribution in [3.8, 4) is 11.5 Å². The van der Waals surface area contributed by atoms with Crippen LogP contribution in [0.2, 0.25) is 0 Å². The van der Waals surface area contributed by atoms with Gasteiger partial charge in [0.2, 0.25) is 0 Å². The van der Waals surface area contributed by atoms with Gasteiger partial charge in [0.1, 0.15) is 17.6 Å². The molecular formula is C17H25NO3. The van der Waals surface area contributed by atoms with Crippen LogP contribution in [0.3, 0.4) is 0 Å². The number of ether oxygens (including phenoxy) is 3. The van der Waals surface area contributed by atoms with E-state index in [0.29, 0.717) is 0 Å². The van der Waals surface area contributed by atoms with Crippen LogP contribution in [0.4, 0.5) is 0 Å². The molecule has 0 aromatic heterocycles. The van der Waals surface area contributed by atoms with Gasteiger partial charge in [0, 0.05) is 37.3 Å². The Morgan fingerprint density at radius 1 is 1.29 bits per heavy atom. The molecule has 2 heterocycles. The highest BCUT2D eigenvalue weighted by Gasteiger charge is 2.21. The fourth-order valence-electron chi connectivity index (χ4n) is 3.17. The first-order chi connectivity index (χ1) is 10.3. The molecule has 4 nitrogen and oxygen atoms in total. The van der Waals surface area contributed by atoms with Gasteiger partial charge in [-0.15, -0.1) is 0 Å². The number of methoxy groups -OCH3 is 1. The zero-order valence-electron chi connectivity index (χ0n) is 13.0. The second-order valence-corrected chi connectivity index (χ2v) is 6.09. The van der Waals surface area contributed by atoms with E-state index in [9.17, 15) is 0 Å². The Hall–Kier alpha value is -1.26. The van der Waals surface area contributed by atoms with E-state index in [1.54, 1.807) is 7.11 Å². The summed E-state index contributed by atoms with van der Waals surface area (Å²) in [6.07, 6.45) is 3.57. The van der Waals surface area contributed by atoms with Crippen LogP contribution in [0, 0.1) is 5.92 Å². The molecule has 3 rings (SSSR count). The molecule has 0 amide bonds. The Bertz CT molecular complexity index is 483. The quantitative estimate of drug-likeness (QED) is 0.905. The number of rotatable bonds is 5. The van der Waals surface area contributed by atoms with Crippen LogP contribution in [0.15, 0.2) is 12.1 Å². The van der Waals surface area contributed by atoms with E-state index in [0.717, 1.165) is 63.0 Å². The molecule has 1 fully saturated rings. The molecule has 0 aliphatic carbocycles. The molecule has 0 spiro atoms. The number of nitrogens with one attached hydrogen (secondary N) is 1. The van der Waals surface area contributed by atoms with Gasteiger partial charge in [0.25, 0.3) is 0 Å². The molecule has 1 N–H and O–H groups in total. The molecule has 1 aromatic rings. The zero-order valence-corrected chi connectivity index (χ0v) is 13.0. The maximum atomic E-state index is 5.84. The fourth-order valence-corrected chi connectivity index (χ4v) is 3.17. The highest BCUT2D eigenvalue weighted by molar-refractivity contribution is 5.48. The molecule has 4 heteroatoms. The summed E-state index contributed by atoms with van der Waals surface area (Å²) in [6.45, 7) is 5.78. The highest BCUT2D eigenvalue weighted by atomic mass is 16.5. The second-order valence-electron chi connectivity index (χ2n) is 6.09. The van der Waals surface area contributed by atoms with E-state index in [4.69, 9.17) is 14.2 Å². The average molecular weight is 291 g/mol. The summed E-state index contributed by atoms with van der Waals surface area (Å²) in [4.78, 5) is 0. The van der Waals surface area contributed by atoms with E-state index >= 15 is 0 Å². The normalized spacial score (nSPS) is 21.9. The predicted molar refractivity (Wildman–Crippen MR) is 82.0 cm³/mol. The summed E-state index contributed by atoms with van der Waals surface area (Å²) < 4.78 is 16.8. The first-order valence-corrected chi connectivity index (χ1v) is 7.91. The summed E-state index contributed by atoms with van der Waals surface area (Å²) >= 11 is 0. The SMILES string of the molecule is COc1cc2c(cc1CNCC1CCOCC1)OC(C)C2. The Morgan fingerprint density at radius 3 is 2.86 bits per heavy atom. The van der Waals surface area contributed by atoms with Crippen molar-refractivity contribution >= 4 is 0 Å². The topological polar surface area (TPSA) is 39.7 Å². The van der Waals surface area contributed by atoms with E-state index < -0.39 is 0 Å². The predicted octanol–water partition coefficient (Wildman–Crippen LogP) is 2.53. The van der Waals surface area contributed by atoms with E-state index in [1.165, 1.54) is 11.1 Å². The molecule has 1 atom stereocenters. The number of hydrogen-bond donors (Lipinski definition) is 1. The van der Waals surface area contributed by atoms with E-state index in [2.05, 4.69) is 24.4 Å². The molecule has 0 bridgehead atoms. The van der Waals surface area contributed by atoms with Crippen LogP contribution in [-0.4, -0.2) is 33.0 Å².